The molecule has 0 aliphatic heterocycles. The van der Waals surface area contributed by atoms with E-state index < -0.39 is 0 Å². The Kier molecular flexibility index (Phi) is 6.35. The SMILES string of the molecule is COc1ccc([C@@H](CC(C)C)NC(=S)Nc2cccnc2)cc1. The lowest BCUT2D eigenvalue weighted by atomic mass is 9.97. The van der Waals surface area contributed by atoms with E-state index in [2.05, 4.69) is 41.6 Å². The zero-order valence-electron chi connectivity index (χ0n) is 13.7. The maximum atomic E-state index is 5.44. The molecule has 0 aliphatic rings. The molecular weight excluding hydrogens is 306 g/mol. The van der Waals surface area contributed by atoms with E-state index in [1.165, 1.54) is 5.56 Å². The zero-order chi connectivity index (χ0) is 16.7. The number of anilines is 1. The van der Waals surface area contributed by atoms with Gasteiger partial charge >= 0.3 is 0 Å². The van der Waals surface area contributed by atoms with Crippen molar-refractivity contribution >= 4 is 23.0 Å². The molecule has 0 aliphatic carbocycles. The van der Waals surface area contributed by atoms with Crippen LogP contribution in [0.2, 0.25) is 0 Å². The van der Waals surface area contributed by atoms with Crippen LogP contribution in [0.4, 0.5) is 5.69 Å². The van der Waals surface area contributed by atoms with Gasteiger partial charge in [-0.25, -0.2) is 0 Å². The fraction of sp³-hybridized carbons (Fsp3) is 0.333. The number of benzene rings is 1. The van der Waals surface area contributed by atoms with Gasteiger partial charge in [0.25, 0.3) is 0 Å². The third-order valence-electron chi connectivity index (χ3n) is 3.45. The van der Waals surface area contributed by atoms with Crippen molar-refractivity contribution < 1.29 is 4.74 Å². The molecule has 0 bridgehead atoms. The molecule has 2 rings (SSSR count). The molecule has 0 saturated heterocycles. The molecule has 1 aromatic heterocycles. The van der Waals surface area contributed by atoms with Crippen LogP contribution in [-0.2, 0) is 0 Å². The van der Waals surface area contributed by atoms with Crippen LogP contribution in [0.25, 0.3) is 0 Å². The second kappa shape index (κ2) is 8.48. The molecule has 5 heteroatoms. The summed E-state index contributed by atoms with van der Waals surface area (Å²) >= 11 is 5.44. The van der Waals surface area contributed by atoms with Crippen molar-refractivity contribution in [2.75, 3.05) is 12.4 Å². The molecule has 2 aromatic rings. The molecule has 1 aromatic carbocycles. The zero-order valence-corrected chi connectivity index (χ0v) is 14.6. The van der Waals surface area contributed by atoms with Gasteiger partial charge in [-0.1, -0.05) is 26.0 Å². The first-order valence-corrected chi connectivity index (χ1v) is 8.11. The molecule has 0 spiro atoms. The minimum Gasteiger partial charge on any atom is -0.497 e. The summed E-state index contributed by atoms with van der Waals surface area (Å²) in [6.07, 6.45) is 4.47. The van der Waals surface area contributed by atoms with Crippen LogP contribution in [0.5, 0.6) is 5.75 Å². The average Bonchev–Trinajstić information content (AvgIpc) is 2.55. The van der Waals surface area contributed by atoms with Crippen molar-refractivity contribution in [1.82, 2.24) is 10.3 Å². The van der Waals surface area contributed by atoms with Gasteiger partial charge < -0.3 is 15.4 Å². The molecular formula is C18H23N3OS. The molecule has 122 valence electrons. The lowest BCUT2D eigenvalue weighted by Crippen LogP contribution is -2.33. The van der Waals surface area contributed by atoms with Crippen molar-refractivity contribution in [2.24, 2.45) is 5.92 Å². The lowest BCUT2D eigenvalue weighted by Gasteiger charge is -2.23. The van der Waals surface area contributed by atoms with Crippen LogP contribution >= 0.6 is 12.2 Å². The van der Waals surface area contributed by atoms with Gasteiger partial charge in [-0.2, -0.15) is 0 Å². The third kappa shape index (κ3) is 5.53. The highest BCUT2D eigenvalue weighted by atomic mass is 32.1. The molecule has 1 heterocycles. The van der Waals surface area contributed by atoms with Gasteiger partial charge in [0.2, 0.25) is 0 Å². The Hall–Kier alpha value is -2.14. The third-order valence-corrected chi connectivity index (χ3v) is 3.67. The highest BCUT2D eigenvalue weighted by molar-refractivity contribution is 7.80. The molecule has 0 fully saturated rings. The van der Waals surface area contributed by atoms with Gasteiger partial charge in [0.05, 0.1) is 25.0 Å². The fourth-order valence-corrected chi connectivity index (χ4v) is 2.61. The monoisotopic (exact) mass is 329 g/mol. The van der Waals surface area contributed by atoms with Crippen LogP contribution in [0, 0.1) is 5.92 Å². The second-order valence-electron chi connectivity index (χ2n) is 5.80. The summed E-state index contributed by atoms with van der Waals surface area (Å²) in [6, 6.07) is 12.1. The fourth-order valence-electron chi connectivity index (χ4n) is 2.35. The number of aromatic nitrogens is 1. The summed E-state index contributed by atoms with van der Waals surface area (Å²) < 4.78 is 5.22. The minimum absolute atomic E-state index is 0.151. The van der Waals surface area contributed by atoms with Crippen molar-refractivity contribution in [3.63, 3.8) is 0 Å². The Labute approximate surface area is 143 Å². The van der Waals surface area contributed by atoms with Crippen LogP contribution in [-0.4, -0.2) is 17.2 Å². The largest absolute Gasteiger partial charge is 0.497 e. The Balaban J connectivity index is 2.06. The van der Waals surface area contributed by atoms with Gasteiger partial charge in [-0.3, -0.25) is 4.98 Å². The molecule has 0 amide bonds. The van der Waals surface area contributed by atoms with Gasteiger partial charge in [0, 0.05) is 6.20 Å². The predicted octanol–water partition coefficient (Wildman–Crippen LogP) is 4.16. The summed E-state index contributed by atoms with van der Waals surface area (Å²) in [5, 5.41) is 7.17. The molecule has 0 radical (unpaired) electrons. The quantitative estimate of drug-likeness (QED) is 0.779. The van der Waals surface area contributed by atoms with Gasteiger partial charge in [-0.05, 0) is 54.4 Å². The number of thiocarbonyl (C=S) groups is 1. The van der Waals surface area contributed by atoms with E-state index in [0.717, 1.165) is 17.9 Å². The number of methoxy groups -OCH3 is 1. The van der Waals surface area contributed by atoms with Crippen LogP contribution in [0.15, 0.2) is 48.8 Å². The number of nitrogens with one attached hydrogen (secondary N) is 2. The minimum atomic E-state index is 0.151. The van der Waals surface area contributed by atoms with E-state index >= 15 is 0 Å². The summed E-state index contributed by atoms with van der Waals surface area (Å²) in [6.45, 7) is 4.41. The maximum absolute atomic E-state index is 5.44. The molecule has 0 saturated carbocycles. The van der Waals surface area contributed by atoms with E-state index in [-0.39, 0.29) is 6.04 Å². The number of hydrogen-bond donors (Lipinski definition) is 2. The number of pyridine rings is 1. The highest BCUT2D eigenvalue weighted by Crippen LogP contribution is 2.23. The predicted molar refractivity (Wildman–Crippen MR) is 98.8 cm³/mol. The maximum Gasteiger partial charge on any atom is 0.171 e. The molecule has 0 unspecified atom stereocenters. The van der Waals surface area contributed by atoms with E-state index in [0.29, 0.717) is 11.0 Å². The summed E-state index contributed by atoms with van der Waals surface area (Å²) in [7, 11) is 1.67. The van der Waals surface area contributed by atoms with E-state index in [4.69, 9.17) is 17.0 Å². The average molecular weight is 329 g/mol. The highest BCUT2D eigenvalue weighted by Gasteiger charge is 2.15. The normalized spacial score (nSPS) is 11.8. The Morgan fingerprint density at radius 1 is 1.22 bits per heavy atom. The summed E-state index contributed by atoms with van der Waals surface area (Å²) in [5.74, 6) is 1.41. The number of ether oxygens (including phenoxy) is 1. The Bertz CT molecular complexity index is 614. The van der Waals surface area contributed by atoms with Gasteiger partial charge in [0.15, 0.2) is 5.11 Å². The lowest BCUT2D eigenvalue weighted by molar-refractivity contribution is 0.414. The van der Waals surface area contributed by atoms with Crippen molar-refractivity contribution in [1.29, 1.82) is 0 Å². The number of hydrogen-bond acceptors (Lipinski definition) is 3. The first kappa shape index (κ1) is 17.2. The molecule has 23 heavy (non-hydrogen) atoms. The number of nitrogens with zero attached hydrogens (tertiary/aromatic N) is 1. The summed E-state index contributed by atoms with van der Waals surface area (Å²) in [5.41, 5.74) is 2.07. The van der Waals surface area contributed by atoms with Crippen molar-refractivity contribution in [3.05, 3.63) is 54.4 Å². The standard InChI is InChI=1S/C18H23N3OS/c1-13(2)11-17(14-6-8-16(22-3)9-7-14)21-18(23)20-15-5-4-10-19-12-15/h4-10,12-13,17H,11H2,1-3H3,(H2,20,21,23)/t17-/m1/s1. The summed E-state index contributed by atoms with van der Waals surface area (Å²) in [4.78, 5) is 4.08. The Morgan fingerprint density at radius 2 is 1.96 bits per heavy atom. The van der Waals surface area contributed by atoms with Crippen LogP contribution < -0.4 is 15.4 Å². The van der Waals surface area contributed by atoms with Crippen molar-refractivity contribution in [3.8, 4) is 5.75 Å². The van der Waals surface area contributed by atoms with Crippen LogP contribution in [0.3, 0.4) is 0 Å². The Morgan fingerprint density at radius 3 is 2.52 bits per heavy atom. The first-order valence-electron chi connectivity index (χ1n) is 7.70. The van der Waals surface area contributed by atoms with Crippen LogP contribution in [0.1, 0.15) is 31.9 Å². The van der Waals surface area contributed by atoms with E-state index in [9.17, 15) is 0 Å². The topological polar surface area (TPSA) is 46.2 Å². The van der Waals surface area contributed by atoms with Gasteiger partial charge in [0.1, 0.15) is 5.75 Å². The molecule has 2 N–H and O–H groups in total. The molecule has 1 atom stereocenters. The van der Waals surface area contributed by atoms with E-state index in [1.54, 1.807) is 19.5 Å². The first-order chi connectivity index (χ1) is 11.1. The molecule has 4 nitrogen and oxygen atoms in total. The second-order valence-corrected chi connectivity index (χ2v) is 6.20. The smallest absolute Gasteiger partial charge is 0.171 e. The van der Waals surface area contributed by atoms with E-state index in [1.807, 2.05) is 24.3 Å². The van der Waals surface area contributed by atoms with Crippen molar-refractivity contribution in [2.45, 2.75) is 26.3 Å². The number of rotatable bonds is 6. The van der Waals surface area contributed by atoms with Gasteiger partial charge in [-0.15, -0.1) is 0 Å².